The maximum Gasteiger partial charge on any atom is 0.416 e. The fourth-order valence-electron chi connectivity index (χ4n) is 1.62. The molecule has 0 aliphatic carbocycles. The fourth-order valence-corrected chi connectivity index (χ4v) is 1.62. The van der Waals surface area contributed by atoms with E-state index in [1.165, 1.54) is 13.0 Å². The molecule has 0 fully saturated rings. The van der Waals surface area contributed by atoms with Crippen LogP contribution in [0.3, 0.4) is 0 Å². The molecule has 0 heterocycles. The lowest BCUT2D eigenvalue weighted by atomic mass is 9.98. The molecule has 0 aromatic heterocycles. The van der Waals surface area contributed by atoms with Crippen LogP contribution in [0.25, 0.3) is 0 Å². The molecule has 0 atom stereocenters. The van der Waals surface area contributed by atoms with E-state index < -0.39 is 11.7 Å². The molecule has 94 valence electrons. The lowest BCUT2D eigenvalue weighted by Gasteiger charge is -2.10. The Morgan fingerprint density at radius 1 is 1.29 bits per heavy atom. The second-order valence-corrected chi connectivity index (χ2v) is 4.05. The van der Waals surface area contributed by atoms with E-state index >= 15 is 0 Å². The predicted molar refractivity (Wildman–Crippen MR) is 60.0 cm³/mol. The zero-order chi connectivity index (χ0) is 13.1. The van der Waals surface area contributed by atoms with E-state index in [4.69, 9.17) is 0 Å². The lowest BCUT2D eigenvalue weighted by Crippen LogP contribution is -2.08. The van der Waals surface area contributed by atoms with E-state index in [-0.39, 0.29) is 5.78 Å². The third-order valence-electron chi connectivity index (χ3n) is 2.61. The van der Waals surface area contributed by atoms with Crippen molar-refractivity contribution in [2.45, 2.75) is 39.3 Å². The molecule has 1 aromatic rings. The molecule has 0 N–H and O–H groups in total. The highest BCUT2D eigenvalue weighted by Gasteiger charge is 2.30. The molecule has 0 radical (unpaired) electrons. The monoisotopic (exact) mass is 244 g/mol. The molecule has 1 nitrogen and oxygen atoms in total. The van der Waals surface area contributed by atoms with Crippen LogP contribution in [0.2, 0.25) is 0 Å². The summed E-state index contributed by atoms with van der Waals surface area (Å²) >= 11 is 0. The number of rotatable bonds is 4. The van der Waals surface area contributed by atoms with Crippen molar-refractivity contribution in [2.24, 2.45) is 0 Å². The Balaban J connectivity index is 2.94. The quantitative estimate of drug-likeness (QED) is 0.718. The van der Waals surface area contributed by atoms with Gasteiger partial charge in [-0.2, -0.15) is 13.2 Å². The molecule has 1 aromatic carbocycles. The van der Waals surface area contributed by atoms with E-state index in [9.17, 15) is 18.0 Å². The first-order valence-electron chi connectivity index (χ1n) is 5.57. The number of ketones is 1. The van der Waals surface area contributed by atoms with Crippen molar-refractivity contribution >= 4 is 5.78 Å². The van der Waals surface area contributed by atoms with Gasteiger partial charge in [-0.1, -0.05) is 19.4 Å². The van der Waals surface area contributed by atoms with E-state index in [1.807, 2.05) is 6.92 Å². The van der Waals surface area contributed by atoms with E-state index in [0.29, 0.717) is 17.5 Å². The van der Waals surface area contributed by atoms with Gasteiger partial charge in [0, 0.05) is 12.0 Å². The highest BCUT2D eigenvalue weighted by Crippen LogP contribution is 2.30. The van der Waals surface area contributed by atoms with Crippen LogP contribution in [0.4, 0.5) is 13.2 Å². The fraction of sp³-hybridized carbons (Fsp3) is 0.462. The third-order valence-corrected chi connectivity index (χ3v) is 2.61. The van der Waals surface area contributed by atoms with Crippen molar-refractivity contribution in [1.82, 2.24) is 0 Å². The minimum absolute atomic E-state index is 0.0851. The molecule has 0 saturated heterocycles. The second-order valence-electron chi connectivity index (χ2n) is 4.05. The Morgan fingerprint density at radius 3 is 2.41 bits per heavy atom. The van der Waals surface area contributed by atoms with Gasteiger partial charge in [-0.25, -0.2) is 0 Å². The van der Waals surface area contributed by atoms with Crippen LogP contribution in [0, 0.1) is 6.92 Å². The third kappa shape index (κ3) is 3.58. The first-order valence-corrected chi connectivity index (χ1v) is 5.57. The van der Waals surface area contributed by atoms with E-state index in [2.05, 4.69) is 0 Å². The number of benzene rings is 1. The summed E-state index contributed by atoms with van der Waals surface area (Å²) in [6, 6.07) is 3.27. The Bertz CT molecular complexity index is 408. The van der Waals surface area contributed by atoms with Gasteiger partial charge >= 0.3 is 6.18 Å². The molecule has 1 rings (SSSR count). The van der Waals surface area contributed by atoms with Gasteiger partial charge in [0.05, 0.1) is 5.56 Å². The molecule has 0 aliphatic rings. The lowest BCUT2D eigenvalue weighted by molar-refractivity contribution is -0.137. The summed E-state index contributed by atoms with van der Waals surface area (Å²) in [7, 11) is 0. The van der Waals surface area contributed by atoms with Crippen LogP contribution in [0.15, 0.2) is 18.2 Å². The zero-order valence-electron chi connectivity index (χ0n) is 9.90. The summed E-state index contributed by atoms with van der Waals surface area (Å²) in [5.41, 5.74) is 0.0782. The Kier molecular flexibility index (Phi) is 4.32. The standard InChI is InChI=1S/C13H15F3O/c1-3-4-5-12(17)11-7-6-10(8-9(11)2)13(14,15)16/h6-8H,3-5H2,1-2H3. The number of halogens is 3. The van der Waals surface area contributed by atoms with Crippen LogP contribution in [0.5, 0.6) is 0 Å². The van der Waals surface area contributed by atoms with Crippen molar-refractivity contribution in [3.8, 4) is 0 Å². The number of hydrogen-bond acceptors (Lipinski definition) is 1. The average Bonchev–Trinajstić information content (AvgIpc) is 2.24. The highest BCUT2D eigenvalue weighted by atomic mass is 19.4. The molecular weight excluding hydrogens is 229 g/mol. The van der Waals surface area contributed by atoms with Gasteiger partial charge in [-0.05, 0) is 31.0 Å². The topological polar surface area (TPSA) is 17.1 Å². The summed E-state index contributed by atoms with van der Waals surface area (Å²) in [6.45, 7) is 3.50. The summed E-state index contributed by atoms with van der Waals surface area (Å²) in [5, 5.41) is 0. The number of carbonyl (C=O) groups excluding carboxylic acids is 1. The molecule has 0 aliphatic heterocycles. The molecular formula is C13H15F3O. The van der Waals surface area contributed by atoms with Crippen LogP contribution in [-0.4, -0.2) is 5.78 Å². The Morgan fingerprint density at radius 2 is 1.94 bits per heavy atom. The molecule has 4 heteroatoms. The number of alkyl halides is 3. The minimum Gasteiger partial charge on any atom is -0.294 e. The summed E-state index contributed by atoms with van der Waals surface area (Å²) in [6.07, 6.45) is -2.30. The maximum absolute atomic E-state index is 12.4. The normalized spacial score (nSPS) is 11.6. The van der Waals surface area contributed by atoms with Crippen molar-refractivity contribution < 1.29 is 18.0 Å². The Hall–Kier alpha value is -1.32. The first-order chi connectivity index (χ1) is 7.86. The molecule has 0 saturated carbocycles. The number of hydrogen-bond donors (Lipinski definition) is 0. The molecule has 17 heavy (non-hydrogen) atoms. The smallest absolute Gasteiger partial charge is 0.294 e. The predicted octanol–water partition coefficient (Wildman–Crippen LogP) is 4.39. The number of Topliss-reactive ketones (excluding diaryl/α,β-unsaturated/α-hetero) is 1. The van der Waals surface area contributed by atoms with Gasteiger partial charge in [0.15, 0.2) is 5.78 Å². The van der Waals surface area contributed by atoms with Crippen LogP contribution in [0.1, 0.15) is 47.7 Å². The number of carbonyl (C=O) groups is 1. The van der Waals surface area contributed by atoms with Gasteiger partial charge in [-0.15, -0.1) is 0 Å². The van der Waals surface area contributed by atoms with Crippen LogP contribution in [-0.2, 0) is 6.18 Å². The summed E-state index contributed by atoms with van der Waals surface area (Å²) in [4.78, 5) is 11.7. The molecule has 0 bridgehead atoms. The van der Waals surface area contributed by atoms with Gasteiger partial charge in [0.1, 0.15) is 0 Å². The average molecular weight is 244 g/mol. The van der Waals surface area contributed by atoms with Crippen molar-refractivity contribution in [2.75, 3.05) is 0 Å². The second kappa shape index (κ2) is 5.34. The molecule has 0 amide bonds. The zero-order valence-corrected chi connectivity index (χ0v) is 9.90. The van der Waals surface area contributed by atoms with Crippen molar-refractivity contribution in [1.29, 1.82) is 0 Å². The first kappa shape index (κ1) is 13.7. The van der Waals surface area contributed by atoms with Gasteiger partial charge in [0.25, 0.3) is 0 Å². The molecule has 0 unspecified atom stereocenters. The maximum atomic E-state index is 12.4. The Labute approximate surface area is 98.6 Å². The highest BCUT2D eigenvalue weighted by molar-refractivity contribution is 5.97. The van der Waals surface area contributed by atoms with Crippen LogP contribution < -0.4 is 0 Å². The van der Waals surface area contributed by atoms with Crippen molar-refractivity contribution in [3.63, 3.8) is 0 Å². The summed E-state index contributed by atoms with van der Waals surface area (Å²) < 4.78 is 37.3. The summed E-state index contributed by atoms with van der Waals surface area (Å²) in [5.74, 6) is -0.0851. The van der Waals surface area contributed by atoms with Crippen molar-refractivity contribution in [3.05, 3.63) is 34.9 Å². The largest absolute Gasteiger partial charge is 0.416 e. The van der Waals surface area contributed by atoms with E-state index in [1.54, 1.807) is 0 Å². The SMILES string of the molecule is CCCCC(=O)c1ccc(C(F)(F)F)cc1C. The van der Waals surface area contributed by atoms with Gasteiger partial charge < -0.3 is 0 Å². The van der Waals surface area contributed by atoms with Gasteiger partial charge in [-0.3, -0.25) is 4.79 Å². The van der Waals surface area contributed by atoms with Crippen LogP contribution >= 0.6 is 0 Å². The minimum atomic E-state index is -4.35. The molecule has 0 spiro atoms. The van der Waals surface area contributed by atoms with E-state index in [0.717, 1.165) is 25.0 Å². The number of aryl methyl sites for hydroxylation is 1. The number of unbranched alkanes of at least 4 members (excludes halogenated alkanes) is 1. The van der Waals surface area contributed by atoms with Gasteiger partial charge in [0.2, 0.25) is 0 Å².